The zero-order valence-electron chi connectivity index (χ0n) is 10.9. The lowest BCUT2D eigenvalue weighted by atomic mass is 10.1. The van der Waals surface area contributed by atoms with E-state index < -0.39 is 17.9 Å². The molecule has 17 heavy (non-hydrogen) atoms. The van der Waals surface area contributed by atoms with Gasteiger partial charge in [-0.3, -0.25) is 9.59 Å². The number of carboxylic acids is 1. The van der Waals surface area contributed by atoms with Gasteiger partial charge in [0.05, 0.1) is 18.9 Å². The number of hydrogen-bond donors (Lipinski definition) is 1. The summed E-state index contributed by atoms with van der Waals surface area (Å²) in [7, 11) is 0. The van der Waals surface area contributed by atoms with Crippen LogP contribution in [0.15, 0.2) is 0 Å². The van der Waals surface area contributed by atoms with Gasteiger partial charge in [-0.05, 0) is 6.42 Å². The molecule has 0 aromatic rings. The Balaban J connectivity index is 3.41. The van der Waals surface area contributed by atoms with Crippen molar-refractivity contribution < 1.29 is 19.4 Å². The van der Waals surface area contributed by atoms with Crippen LogP contribution in [-0.2, 0) is 14.3 Å². The highest BCUT2D eigenvalue weighted by Crippen LogP contribution is 2.07. The van der Waals surface area contributed by atoms with Crippen molar-refractivity contribution >= 4 is 11.9 Å². The van der Waals surface area contributed by atoms with Crippen molar-refractivity contribution in [3.05, 3.63) is 0 Å². The van der Waals surface area contributed by atoms with E-state index in [4.69, 9.17) is 9.84 Å². The molecule has 0 radical (unpaired) electrons. The van der Waals surface area contributed by atoms with E-state index in [0.29, 0.717) is 6.61 Å². The molecule has 1 atom stereocenters. The standard InChI is InChI=1S/C13H24O4/c1-3-4-5-6-7-8-9-17-13(16)11(2)10-12(14)15/h11H,3-10H2,1-2H3,(H,14,15). The van der Waals surface area contributed by atoms with Crippen molar-refractivity contribution in [2.24, 2.45) is 5.92 Å². The lowest BCUT2D eigenvalue weighted by Crippen LogP contribution is -2.18. The molecule has 0 aliphatic rings. The molecule has 0 aliphatic heterocycles. The molecule has 0 saturated carbocycles. The Kier molecular flexibility index (Phi) is 9.49. The first kappa shape index (κ1) is 15.9. The third-order valence-electron chi connectivity index (χ3n) is 2.63. The van der Waals surface area contributed by atoms with Gasteiger partial charge >= 0.3 is 11.9 Å². The van der Waals surface area contributed by atoms with E-state index in [1.54, 1.807) is 6.92 Å². The van der Waals surface area contributed by atoms with Gasteiger partial charge in [0.1, 0.15) is 0 Å². The van der Waals surface area contributed by atoms with Gasteiger partial charge in [0.25, 0.3) is 0 Å². The third-order valence-corrected chi connectivity index (χ3v) is 2.63. The molecule has 1 N–H and O–H groups in total. The van der Waals surface area contributed by atoms with Crippen LogP contribution in [0, 0.1) is 5.92 Å². The van der Waals surface area contributed by atoms with Gasteiger partial charge in [0, 0.05) is 0 Å². The Hall–Kier alpha value is -1.06. The second kappa shape index (κ2) is 10.1. The average Bonchev–Trinajstić information content (AvgIpc) is 2.26. The largest absolute Gasteiger partial charge is 0.481 e. The zero-order chi connectivity index (χ0) is 13.1. The summed E-state index contributed by atoms with van der Waals surface area (Å²) >= 11 is 0. The van der Waals surface area contributed by atoms with E-state index >= 15 is 0 Å². The number of unbranched alkanes of at least 4 members (excludes halogenated alkanes) is 5. The van der Waals surface area contributed by atoms with Gasteiger partial charge < -0.3 is 9.84 Å². The molecule has 0 aliphatic carbocycles. The van der Waals surface area contributed by atoms with E-state index in [0.717, 1.165) is 12.8 Å². The van der Waals surface area contributed by atoms with Gasteiger partial charge in [-0.1, -0.05) is 46.0 Å². The third kappa shape index (κ3) is 9.85. The number of rotatable bonds is 10. The Morgan fingerprint density at radius 1 is 1.12 bits per heavy atom. The molecular formula is C13H24O4. The smallest absolute Gasteiger partial charge is 0.309 e. The van der Waals surface area contributed by atoms with Gasteiger partial charge in [-0.15, -0.1) is 0 Å². The fraction of sp³-hybridized carbons (Fsp3) is 0.846. The molecule has 4 nitrogen and oxygen atoms in total. The summed E-state index contributed by atoms with van der Waals surface area (Å²) < 4.78 is 5.01. The molecule has 0 aromatic heterocycles. The molecule has 0 amide bonds. The van der Waals surface area contributed by atoms with Crippen molar-refractivity contribution in [1.29, 1.82) is 0 Å². The molecular weight excluding hydrogens is 220 g/mol. The van der Waals surface area contributed by atoms with Crippen molar-refractivity contribution in [3.8, 4) is 0 Å². The zero-order valence-corrected chi connectivity index (χ0v) is 10.9. The maximum absolute atomic E-state index is 11.3. The fourth-order valence-corrected chi connectivity index (χ4v) is 1.54. The highest BCUT2D eigenvalue weighted by Gasteiger charge is 2.17. The van der Waals surface area contributed by atoms with Gasteiger partial charge in [0.15, 0.2) is 0 Å². The van der Waals surface area contributed by atoms with Crippen LogP contribution in [-0.4, -0.2) is 23.7 Å². The number of esters is 1. The van der Waals surface area contributed by atoms with Crippen molar-refractivity contribution in [1.82, 2.24) is 0 Å². The highest BCUT2D eigenvalue weighted by molar-refractivity contribution is 5.78. The number of aliphatic carboxylic acids is 1. The predicted molar refractivity (Wildman–Crippen MR) is 65.8 cm³/mol. The van der Waals surface area contributed by atoms with Crippen LogP contribution in [0.1, 0.15) is 58.8 Å². The van der Waals surface area contributed by atoms with E-state index in [9.17, 15) is 9.59 Å². The summed E-state index contributed by atoms with van der Waals surface area (Å²) in [4.78, 5) is 21.7. The predicted octanol–water partition coefficient (Wildman–Crippen LogP) is 3.00. The Labute approximate surface area is 103 Å². The van der Waals surface area contributed by atoms with Gasteiger partial charge in [-0.2, -0.15) is 0 Å². The molecule has 0 bridgehead atoms. The first-order valence-corrected chi connectivity index (χ1v) is 6.46. The van der Waals surface area contributed by atoms with Crippen LogP contribution in [0.5, 0.6) is 0 Å². The van der Waals surface area contributed by atoms with Gasteiger partial charge in [0.2, 0.25) is 0 Å². The molecule has 0 fully saturated rings. The van der Waals surface area contributed by atoms with E-state index in [1.807, 2.05) is 0 Å². The van der Waals surface area contributed by atoms with E-state index in [-0.39, 0.29) is 6.42 Å². The summed E-state index contributed by atoms with van der Waals surface area (Å²) in [6.07, 6.45) is 6.68. The fourth-order valence-electron chi connectivity index (χ4n) is 1.54. The van der Waals surface area contributed by atoms with Crippen LogP contribution in [0.4, 0.5) is 0 Å². The number of carbonyl (C=O) groups is 2. The minimum absolute atomic E-state index is 0.157. The Morgan fingerprint density at radius 3 is 2.29 bits per heavy atom. The number of hydrogen-bond acceptors (Lipinski definition) is 3. The second-order valence-electron chi connectivity index (χ2n) is 4.43. The van der Waals surface area contributed by atoms with E-state index in [1.165, 1.54) is 25.7 Å². The maximum Gasteiger partial charge on any atom is 0.309 e. The first-order chi connectivity index (χ1) is 8.07. The van der Waals surface area contributed by atoms with Crippen LogP contribution in [0.25, 0.3) is 0 Å². The highest BCUT2D eigenvalue weighted by atomic mass is 16.5. The molecule has 0 spiro atoms. The minimum Gasteiger partial charge on any atom is -0.481 e. The Bertz CT molecular complexity index is 225. The molecule has 0 heterocycles. The molecule has 0 aromatic carbocycles. The summed E-state index contributed by atoms with van der Waals surface area (Å²) in [5.74, 6) is -1.91. The molecule has 100 valence electrons. The molecule has 1 unspecified atom stereocenters. The topological polar surface area (TPSA) is 63.6 Å². The first-order valence-electron chi connectivity index (χ1n) is 6.46. The van der Waals surface area contributed by atoms with Crippen LogP contribution >= 0.6 is 0 Å². The maximum atomic E-state index is 11.3. The monoisotopic (exact) mass is 244 g/mol. The van der Waals surface area contributed by atoms with E-state index in [2.05, 4.69) is 6.92 Å². The SMILES string of the molecule is CCCCCCCCOC(=O)C(C)CC(=O)O. The quantitative estimate of drug-likeness (QED) is 0.474. The summed E-state index contributed by atoms with van der Waals surface area (Å²) in [6.45, 7) is 4.16. The van der Waals surface area contributed by atoms with Crippen LogP contribution < -0.4 is 0 Å². The van der Waals surface area contributed by atoms with Crippen LogP contribution in [0.3, 0.4) is 0 Å². The number of ether oxygens (including phenoxy) is 1. The second-order valence-corrected chi connectivity index (χ2v) is 4.43. The van der Waals surface area contributed by atoms with Gasteiger partial charge in [-0.25, -0.2) is 0 Å². The van der Waals surface area contributed by atoms with Crippen molar-refractivity contribution in [2.75, 3.05) is 6.61 Å². The van der Waals surface area contributed by atoms with Crippen molar-refractivity contribution in [2.45, 2.75) is 58.8 Å². The molecule has 4 heteroatoms. The number of carbonyl (C=O) groups excluding carboxylic acids is 1. The summed E-state index contributed by atoms with van der Waals surface area (Å²) in [6, 6.07) is 0. The lowest BCUT2D eigenvalue weighted by Gasteiger charge is -2.09. The number of carboxylic acid groups (broad SMARTS) is 1. The Morgan fingerprint density at radius 2 is 1.71 bits per heavy atom. The van der Waals surface area contributed by atoms with Crippen LogP contribution in [0.2, 0.25) is 0 Å². The molecule has 0 saturated heterocycles. The minimum atomic E-state index is -0.964. The average molecular weight is 244 g/mol. The molecule has 0 rings (SSSR count). The summed E-state index contributed by atoms with van der Waals surface area (Å²) in [5, 5.41) is 8.52. The normalized spacial score (nSPS) is 12.1. The lowest BCUT2D eigenvalue weighted by molar-refractivity contribution is -0.152. The van der Waals surface area contributed by atoms with Crippen molar-refractivity contribution in [3.63, 3.8) is 0 Å². The summed E-state index contributed by atoms with van der Waals surface area (Å²) in [5.41, 5.74) is 0.